The van der Waals surface area contributed by atoms with Crippen LogP contribution in [0.15, 0.2) is 53.8 Å². The molecule has 0 aliphatic rings. The van der Waals surface area contributed by atoms with Gasteiger partial charge in [-0.1, -0.05) is 26.3 Å². The molecule has 0 bridgehead atoms. The molecule has 1 aromatic heterocycles. The van der Waals surface area contributed by atoms with Crippen LogP contribution in [0, 0.1) is 25.5 Å². The molecular formula is C33H36F2N4O5S. The fraction of sp³-hybridized carbons (Fsp3) is 0.273. The molecule has 4 rings (SSSR count). The summed E-state index contributed by atoms with van der Waals surface area (Å²) >= 11 is 0. The number of nitrogen functional groups attached to an aromatic ring is 2. The van der Waals surface area contributed by atoms with Gasteiger partial charge in [-0.05, 0) is 73.4 Å². The summed E-state index contributed by atoms with van der Waals surface area (Å²) in [4.78, 5) is 33.0. The molecule has 4 N–H and O–H groups in total. The third-order valence-electron chi connectivity index (χ3n) is 6.86. The van der Waals surface area contributed by atoms with Crippen LogP contribution in [0.2, 0.25) is 0 Å². The highest BCUT2D eigenvalue weighted by Crippen LogP contribution is 2.28. The average Bonchev–Trinajstić information content (AvgIpc) is 3.02. The third-order valence-corrected chi connectivity index (χ3v) is 7.98. The van der Waals surface area contributed by atoms with E-state index in [-0.39, 0.29) is 39.2 Å². The minimum Gasteiger partial charge on any atom is -0.496 e. The van der Waals surface area contributed by atoms with Crippen molar-refractivity contribution >= 4 is 33.9 Å². The van der Waals surface area contributed by atoms with E-state index in [0.29, 0.717) is 33.9 Å². The number of rotatable bonds is 10. The Morgan fingerprint density at radius 1 is 0.822 bits per heavy atom. The van der Waals surface area contributed by atoms with Gasteiger partial charge in [0.05, 0.1) is 41.7 Å². The Balaban J connectivity index is 0.000000246. The van der Waals surface area contributed by atoms with Crippen molar-refractivity contribution in [2.75, 3.05) is 31.4 Å². The first-order valence-electron chi connectivity index (χ1n) is 14.0. The highest BCUT2D eigenvalue weighted by molar-refractivity contribution is 7.84. The zero-order valence-electron chi connectivity index (χ0n) is 26.0. The van der Waals surface area contributed by atoms with Gasteiger partial charge in [0.2, 0.25) is 10.9 Å². The van der Waals surface area contributed by atoms with Gasteiger partial charge in [0.25, 0.3) is 0 Å². The average molecular weight is 639 g/mol. The second kappa shape index (κ2) is 15.3. The normalized spacial score (nSPS) is 11.3. The van der Waals surface area contributed by atoms with E-state index >= 15 is 0 Å². The molecule has 12 heteroatoms. The molecule has 0 aliphatic carbocycles. The molecule has 0 saturated carbocycles. The Hall–Kier alpha value is -4.71. The Labute approximate surface area is 263 Å². The highest BCUT2D eigenvalue weighted by Gasteiger charge is 2.22. The zero-order valence-corrected chi connectivity index (χ0v) is 26.8. The number of aryl methyl sites for hydroxylation is 3. The largest absolute Gasteiger partial charge is 0.496 e. The molecule has 238 valence electrons. The molecule has 45 heavy (non-hydrogen) atoms. The van der Waals surface area contributed by atoms with Gasteiger partial charge in [-0.25, -0.2) is 18.7 Å². The fourth-order valence-electron chi connectivity index (χ4n) is 4.35. The Morgan fingerprint density at radius 2 is 1.36 bits per heavy atom. The van der Waals surface area contributed by atoms with Crippen molar-refractivity contribution in [1.29, 1.82) is 0 Å². The molecule has 0 amide bonds. The lowest BCUT2D eigenvalue weighted by Crippen LogP contribution is -2.12. The molecule has 3 aromatic carbocycles. The number of aromatic nitrogens is 2. The van der Waals surface area contributed by atoms with Crippen molar-refractivity contribution in [3.63, 3.8) is 0 Å². The molecule has 0 saturated heterocycles. The van der Waals surface area contributed by atoms with Crippen LogP contribution >= 0.6 is 0 Å². The maximum atomic E-state index is 13.8. The fourth-order valence-corrected chi connectivity index (χ4v) is 4.98. The first-order chi connectivity index (χ1) is 21.4. The van der Waals surface area contributed by atoms with Crippen LogP contribution in [0.3, 0.4) is 0 Å². The van der Waals surface area contributed by atoms with Gasteiger partial charge in [0.15, 0.2) is 5.78 Å². The summed E-state index contributed by atoms with van der Waals surface area (Å²) in [6.45, 7) is 6.99. The number of ketones is 2. The van der Waals surface area contributed by atoms with Crippen LogP contribution in [0.25, 0.3) is 0 Å². The van der Waals surface area contributed by atoms with Crippen molar-refractivity contribution in [2.45, 2.75) is 45.7 Å². The molecule has 1 atom stereocenters. The number of carbonyl (C=O) groups is 2. The van der Waals surface area contributed by atoms with E-state index in [2.05, 4.69) is 16.9 Å². The van der Waals surface area contributed by atoms with E-state index in [1.807, 2.05) is 6.07 Å². The predicted molar refractivity (Wildman–Crippen MR) is 170 cm³/mol. The van der Waals surface area contributed by atoms with Gasteiger partial charge >= 0.3 is 0 Å². The van der Waals surface area contributed by atoms with Crippen LogP contribution in [0.1, 0.15) is 68.8 Å². The van der Waals surface area contributed by atoms with E-state index in [0.717, 1.165) is 24.5 Å². The Kier molecular flexibility index (Phi) is 11.9. The third kappa shape index (κ3) is 8.07. The minimum absolute atomic E-state index is 0.00315. The lowest BCUT2D eigenvalue weighted by Gasteiger charge is -2.12. The monoisotopic (exact) mass is 638 g/mol. The summed E-state index contributed by atoms with van der Waals surface area (Å²) in [6.07, 6.45) is 3.11. The molecular weight excluding hydrogens is 602 g/mol. The number of halogens is 2. The zero-order chi connectivity index (χ0) is 33.4. The number of nitrogens with two attached hydrogens (primary N) is 2. The summed E-state index contributed by atoms with van der Waals surface area (Å²) in [7, 11) is 1.46. The van der Waals surface area contributed by atoms with Gasteiger partial charge in [-0.2, -0.15) is 0 Å². The number of methoxy groups -OCH3 is 2. The van der Waals surface area contributed by atoms with Crippen LogP contribution in [-0.4, -0.2) is 45.7 Å². The number of hydrogen-bond donors (Lipinski definition) is 2. The minimum atomic E-state index is -1.38. The van der Waals surface area contributed by atoms with E-state index in [9.17, 15) is 22.6 Å². The molecule has 0 spiro atoms. The number of nitrogens with zero attached hydrogens (tertiary/aromatic N) is 2. The van der Waals surface area contributed by atoms with Crippen molar-refractivity contribution in [3.05, 3.63) is 99.2 Å². The molecule has 0 fully saturated rings. The summed E-state index contributed by atoms with van der Waals surface area (Å²) in [5, 5.41) is 0.0589. The lowest BCUT2D eigenvalue weighted by molar-refractivity contribution is 0.102. The van der Waals surface area contributed by atoms with Crippen LogP contribution in [0.5, 0.6) is 11.5 Å². The van der Waals surface area contributed by atoms with Crippen LogP contribution in [0.4, 0.5) is 20.3 Å². The second-order valence-electron chi connectivity index (χ2n) is 10.0. The van der Waals surface area contributed by atoms with Crippen molar-refractivity contribution in [2.24, 2.45) is 0 Å². The molecule has 1 heterocycles. The predicted octanol–water partition coefficient (Wildman–Crippen LogP) is 5.78. The summed E-state index contributed by atoms with van der Waals surface area (Å²) in [5.74, 6) is -1.06. The summed E-state index contributed by atoms with van der Waals surface area (Å²) < 4.78 is 49.6. The molecule has 4 aromatic rings. The van der Waals surface area contributed by atoms with Gasteiger partial charge in [-0.15, -0.1) is 0 Å². The van der Waals surface area contributed by atoms with Gasteiger partial charge < -0.3 is 20.9 Å². The topological polar surface area (TPSA) is 147 Å². The van der Waals surface area contributed by atoms with Crippen molar-refractivity contribution in [1.82, 2.24) is 9.97 Å². The van der Waals surface area contributed by atoms with Crippen LogP contribution in [-0.2, 0) is 17.2 Å². The van der Waals surface area contributed by atoms with Crippen molar-refractivity contribution < 1.29 is 32.1 Å². The SMILES string of the molecule is CCCc1ccc(C(=O)c2cc(F)c(C)cc2OC)c(N)c1.CCS(=O)c1ncc(C(=O)c2cc(F)c(C)cc2OC)c(N)n1. The highest BCUT2D eigenvalue weighted by atomic mass is 32.2. The van der Waals surface area contributed by atoms with E-state index < -0.39 is 28.2 Å². The molecule has 0 radical (unpaired) electrons. The van der Waals surface area contributed by atoms with E-state index in [4.69, 9.17) is 20.9 Å². The number of carbonyl (C=O) groups excluding carboxylic acids is 2. The van der Waals surface area contributed by atoms with Crippen molar-refractivity contribution in [3.8, 4) is 11.5 Å². The van der Waals surface area contributed by atoms with Gasteiger partial charge in [0.1, 0.15) is 29.0 Å². The smallest absolute Gasteiger partial charge is 0.220 e. The number of benzene rings is 3. The van der Waals surface area contributed by atoms with E-state index in [1.54, 1.807) is 32.9 Å². The Bertz CT molecular complexity index is 1760. The molecule has 0 aliphatic heterocycles. The van der Waals surface area contributed by atoms with E-state index in [1.165, 1.54) is 38.6 Å². The standard InChI is InChI=1S/C18H20FNO2.C15H16FN3O3S/c1-4-5-12-6-7-13(16(20)9-12)18(21)14-10-15(19)11(2)8-17(14)22-3;1-4-23(21)15-18-7-10(14(17)19-15)13(20)9-6-11(16)8(2)5-12(9)22-3/h6-10H,4-5,20H2,1-3H3;5-7H,4H2,1-3H3,(H2,17,18,19). The molecule has 1 unspecified atom stereocenters. The molecule has 9 nitrogen and oxygen atoms in total. The van der Waals surface area contributed by atoms with Gasteiger partial charge in [-0.3, -0.25) is 13.8 Å². The number of hydrogen-bond acceptors (Lipinski definition) is 9. The quantitative estimate of drug-likeness (QED) is 0.125. The summed E-state index contributed by atoms with van der Waals surface area (Å²) in [6, 6.07) is 10.6. The lowest BCUT2D eigenvalue weighted by atomic mass is 9.97. The second-order valence-corrected chi connectivity index (χ2v) is 11.7. The maximum Gasteiger partial charge on any atom is 0.220 e. The first-order valence-corrected chi connectivity index (χ1v) is 15.3. The number of ether oxygens (including phenoxy) is 2. The summed E-state index contributed by atoms with van der Waals surface area (Å²) in [5.41, 5.74) is 14.6. The van der Waals surface area contributed by atoms with Gasteiger partial charge in [0, 0.05) is 23.2 Å². The van der Waals surface area contributed by atoms with Crippen LogP contribution < -0.4 is 20.9 Å². The number of anilines is 2. The first kappa shape index (κ1) is 34.8. The maximum absolute atomic E-state index is 13.8. The Morgan fingerprint density at radius 3 is 1.80 bits per heavy atom.